The summed E-state index contributed by atoms with van der Waals surface area (Å²) < 4.78 is 5.35. The highest BCUT2D eigenvalue weighted by molar-refractivity contribution is 6.02. The van der Waals surface area contributed by atoms with Crippen molar-refractivity contribution in [3.8, 4) is 5.75 Å². The van der Waals surface area contributed by atoms with E-state index in [-0.39, 0.29) is 17.9 Å². The van der Waals surface area contributed by atoms with Gasteiger partial charge in [0, 0.05) is 29.6 Å². The van der Waals surface area contributed by atoms with Gasteiger partial charge in [-0.3, -0.25) is 9.69 Å². The zero-order chi connectivity index (χ0) is 22.8. The number of anilines is 1. The molecule has 1 saturated heterocycles. The molecule has 1 amide bonds. The Hall–Kier alpha value is -2.89. The van der Waals surface area contributed by atoms with Gasteiger partial charge in [0.05, 0.1) is 19.3 Å². The Morgan fingerprint density at radius 1 is 1.06 bits per heavy atom. The molecule has 3 aromatic rings. The molecular weight excluding hydrogens is 412 g/mol. The minimum atomic E-state index is -0.647. The van der Waals surface area contributed by atoms with Crippen LogP contribution in [0.4, 0.5) is 5.69 Å². The first-order valence-corrected chi connectivity index (χ1v) is 12.0. The largest absolute Gasteiger partial charge is 0.497 e. The number of methoxy groups -OCH3 is 1. The van der Waals surface area contributed by atoms with E-state index in [0.29, 0.717) is 19.5 Å². The molecule has 0 spiro atoms. The third-order valence-electron chi connectivity index (χ3n) is 7.54. The maximum atomic E-state index is 13.2. The third kappa shape index (κ3) is 4.35. The van der Waals surface area contributed by atoms with Crippen molar-refractivity contribution < 1.29 is 14.6 Å². The Balaban J connectivity index is 1.40. The summed E-state index contributed by atoms with van der Waals surface area (Å²) in [6.07, 6.45) is 4.74. The van der Waals surface area contributed by atoms with Crippen molar-refractivity contribution in [2.75, 3.05) is 25.5 Å². The zero-order valence-electron chi connectivity index (χ0n) is 19.2. The van der Waals surface area contributed by atoms with Gasteiger partial charge < -0.3 is 15.2 Å². The topological polar surface area (TPSA) is 61.8 Å². The molecule has 0 unspecified atom stereocenters. The molecular formula is C28H32N2O3. The summed E-state index contributed by atoms with van der Waals surface area (Å²) in [5, 5.41) is 16.8. The molecule has 2 fully saturated rings. The van der Waals surface area contributed by atoms with Crippen LogP contribution < -0.4 is 10.1 Å². The second-order valence-electron chi connectivity index (χ2n) is 9.47. The van der Waals surface area contributed by atoms with Gasteiger partial charge in [-0.25, -0.2) is 0 Å². The van der Waals surface area contributed by atoms with Crippen LogP contribution in [0.2, 0.25) is 0 Å². The van der Waals surface area contributed by atoms with Gasteiger partial charge in [0.25, 0.3) is 0 Å². The molecule has 5 heteroatoms. The lowest BCUT2D eigenvalue weighted by atomic mass is 9.66. The highest BCUT2D eigenvalue weighted by Crippen LogP contribution is 2.49. The maximum absolute atomic E-state index is 13.2. The van der Waals surface area contributed by atoms with E-state index in [2.05, 4.69) is 34.5 Å². The van der Waals surface area contributed by atoms with E-state index in [0.717, 1.165) is 53.5 Å². The predicted molar refractivity (Wildman–Crippen MR) is 131 cm³/mol. The molecule has 0 aromatic heterocycles. The number of ether oxygens (including phenoxy) is 1. The van der Waals surface area contributed by atoms with Crippen molar-refractivity contribution in [3.63, 3.8) is 0 Å². The Kier molecular flexibility index (Phi) is 6.09. The molecule has 2 aliphatic rings. The summed E-state index contributed by atoms with van der Waals surface area (Å²) in [4.78, 5) is 15.5. The van der Waals surface area contributed by atoms with Crippen molar-refractivity contribution in [2.45, 2.75) is 43.7 Å². The lowest BCUT2D eigenvalue weighted by molar-refractivity contribution is -0.135. The fraction of sp³-hybridized carbons (Fsp3) is 0.393. The van der Waals surface area contributed by atoms with Gasteiger partial charge in [0.15, 0.2) is 0 Å². The number of nitrogens with zero attached hydrogens (tertiary/aromatic N) is 1. The lowest BCUT2D eigenvalue weighted by Gasteiger charge is -2.52. The number of rotatable bonds is 5. The highest BCUT2D eigenvalue weighted by Gasteiger charge is 2.49. The van der Waals surface area contributed by atoms with Crippen molar-refractivity contribution in [2.24, 2.45) is 5.92 Å². The molecule has 1 heterocycles. The van der Waals surface area contributed by atoms with Crippen LogP contribution in [-0.2, 0) is 4.79 Å². The van der Waals surface area contributed by atoms with Crippen LogP contribution in [0.3, 0.4) is 0 Å². The molecule has 172 valence electrons. The van der Waals surface area contributed by atoms with Crippen LogP contribution in [0.15, 0.2) is 66.7 Å². The summed E-state index contributed by atoms with van der Waals surface area (Å²) in [6.45, 7) is 0.999. The minimum Gasteiger partial charge on any atom is -0.497 e. The van der Waals surface area contributed by atoms with Crippen LogP contribution in [0.5, 0.6) is 5.75 Å². The second kappa shape index (κ2) is 9.16. The van der Waals surface area contributed by atoms with Gasteiger partial charge in [-0.1, -0.05) is 61.4 Å². The Labute approximate surface area is 195 Å². The van der Waals surface area contributed by atoms with E-state index in [1.165, 1.54) is 0 Å². The second-order valence-corrected chi connectivity index (χ2v) is 9.47. The van der Waals surface area contributed by atoms with Crippen LogP contribution >= 0.6 is 0 Å². The van der Waals surface area contributed by atoms with Gasteiger partial charge in [-0.15, -0.1) is 0 Å². The molecule has 3 atom stereocenters. The summed E-state index contributed by atoms with van der Waals surface area (Å²) >= 11 is 0. The molecule has 2 N–H and O–H groups in total. The fourth-order valence-electron chi connectivity index (χ4n) is 5.87. The van der Waals surface area contributed by atoms with Crippen molar-refractivity contribution in [3.05, 3.63) is 72.3 Å². The number of aliphatic hydroxyl groups is 1. The van der Waals surface area contributed by atoms with Gasteiger partial charge in [0.2, 0.25) is 5.91 Å². The Morgan fingerprint density at radius 2 is 1.85 bits per heavy atom. The van der Waals surface area contributed by atoms with E-state index in [9.17, 15) is 9.90 Å². The van der Waals surface area contributed by atoms with Crippen molar-refractivity contribution in [1.29, 1.82) is 0 Å². The monoisotopic (exact) mass is 444 g/mol. The van der Waals surface area contributed by atoms with Crippen molar-refractivity contribution >= 4 is 22.4 Å². The number of fused-ring (bicyclic) bond motifs is 2. The fourth-order valence-corrected chi connectivity index (χ4v) is 5.87. The average molecular weight is 445 g/mol. The van der Waals surface area contributed by atoms with E-state index >= 15 is 0 Å². The Morgan fingerprint density at radius 3 is 2.67 bits per heavy atom. The first-order valence-electron chi connectivity index (χ1n) is 12.0. The number of benzene rings is 3. The summed E-state index contributed by atoms with van der Waals surface area (Å²) in [7, 11) is 1.67. The molecule has 1 aliphatic heterocycles. The van der Waals surface area contributed by atoms with E-state index < -0.39 is 5.60 Å². The first kappa shape index (κ1) is 21.9. The number of carbonyl (C=O) groups excluding carboxylic acids is 1. The molecule has 0 radical (unpaired) electrons. The number of hydrogen-bond acceptors (Lipinski definition) is 4. The zero-order valence-corrected chi connectivity index (χ0v) is 19.2. The van der Waals surface area contributed by atoms with Gasteiger partial charge >= 0.3 is 0 Å². The van der Waals surface area contributed by atoms with E-state index in [4.69, 9.17) is 4.74 Å². The molecule has 1 saturated carbocycles. The summed E-state index contributed by atoms with van der Waals surface area (Å²) in [5.41, 5.74) is 1.33. The molecule has 5 rings (SSSR count). The summed E-state index contributed by atoms with van der Waals surface area (Å²) in [5.74, 6) is 0.915. The van der Waals surface area contributed by atoms with Crippen LogP contribution in [0.25, 0.3) is 10.8 Å². The van der Waals surface area contributed by atoms with Gasteiger partial charge in [-0.2, -0.15) is 0 Å². The van der Waals surface area contributed by atoms with Crippen LogP contribution in [0, 0.1) is 5.92 Å². The van der Waals surface area contributed by atoms with Crippen molar-refractivity contribution in [1.82, 2.24) is 4.90 Å². The van der Waals surface area contributed by atoms with Gasteiger partial charge in [0.1, 0.15) is 5.75 Å². The number of piperidine rings is 1. The van der Waals surface area contributed by atoms with Gasteiger partial charge in [-0.05, 0) is 48.4 Å². The number of carbonyl (C=O) groups is 1. The molecule has 1 aliphatic carbocycles. The highest BCUT2D eigenvalue weighted by atomic mass is 16.5. The number of likely N-dealkylation sites (tertiary alicyclic amines) is 1. The number of hydrogen-bond donors (Lipinski definition) is 2. The average Bonchev–Trinajstić information content (AvgIpc) is 2.84. The molecule has 33 heavy (non-hydrogen) atoms. The maximum Gasteiger partial charge on any atom is 0.238 e. The standard InChI is InChI=1S/C28H32N2O3/c1-33-22-14-12-21(13-15-22)27-24-10-4-5-16-28(24,32)17-18-30(27)19-26(31)29-25-11-6-8-20-7-2-3-9-23(20)25/h2-3,6-9,11-15,24,27,32H,4-5,10,16-19H2,1H3,(H,29,31)/t24-,27-,28-/m0/s1. The SMILES string of the molecule is COc1ccc([C@H]2[C@@H]3CCCC[C@]3(O)CCN2CC(=O)Nc2cccc3ccccc23)cc1. The summed E-state index contributed by atoms with van der Waals surface area (Å²) in [6, 6.07) is 22.2. The van der Waals surface area contributed by atoms with Crippen LogP contribution in [0.1, 0.15) is 43.7 Å². The number of nitrogens with one attached hydrogen (secondary N) is 1. The van der Waals surface area contributed by atoms with E-state index in [1.807, 2.05) is 42.5 Å². The third-order valence-corrected chi connectivity index (χ3v) is 7.54. The van der Waals surface area contributed by atoms with E-state index in [1.54, 1.807) is 7.11 Å². The quantitative estimate of drug-likeness (QED) is 0.571. The normalized spacial score (nSPS) is 25.4. The molecule has 5 nitrogen and oxygen atoms in total. The first-order chi connectivity index (χ1) is 16.1. The molecule has 3 aromatic carbocycles. The minimum absolute atomic E-state index is 0.00761. The predicted octanol–water partition coefficient (Wildman–Crippen LogP) is 5.16. The lowest BCUT2D eigenvalue weighted by Crippen LogP contribution is -2.56. The Bertz CT molecular complexity index is 1120. The number of amides is 1. The smallest absolute Gasteiger partial charge is 0.238 e. The van der Waals surface area contributed by atoms with Crippen LogP contribution in [-0.4, -0.2) is 41.7 Å². The molecule has 0 bridgehead atoms.